The molecule has 0 bridgehead atoms. The first-order valence-corrected chi connectivity index (χ1v) is 10.8. The summed E-state index contributed by atoms with van der Waals surface area (Å²) in [5.74, 6) is -6.80. The maximum atomic E-state index is 11.5. The molecule has 190 valence electrons. The Bertz CT molecular complexity index is 1450. The molecule has 0 spiro atoms. The maximum absolute atomic E-state index is 11.5. The van der Waals surface area contributed by atoms with Crippen molar-refractivity contribution in [3.8, 4) is 34.1 Å². The summed E-state index contributed by atoms with van der Waals surface area (Å²) in [6, 6.07) is 20.2. The van der Waals surface area contributed by atoms with Gasteiger partial charge in [0.25, 0.3) is 0 Å². The Morgan fingerprint density at radius 1 is 0.429 bits per heavy atom. The minimum Gasteiger partial charge on any atom is -0.545 e. The van der Waals surface area contributed by atoms with Crippen molar-refractivity contribution in [2.75, 3.05) is 0 Å². The van der Waals surface area contributed by atoms with Gasteiger partial charge in [0.05, 0.1) is 23.9 Å². The molecule has 0 saturated heterocycles. The number of benzene rings is 4. The third-order valence-electron chi connectivity index (χ3n) is 5.40. The van der Waals surface area contributed by atoms with Crippen LogP contribution in [0.4, 0.5) is 0 Å². The van der Waals surface area contributed by atoms with Crippen molar-refractivity contribution < 1.29 is 167 Å². The molecule has 42 heavy (non-hydrogen) atoms. The predicted molar refractivity (Wildman–Crippen MR) is 122 cm³/mol. The van der Waals surface area contributed by atoms with E-state index in [9.17, 15) is 39.6 Å². The molecule has 0 amide bonds. The largest absolute Gasteiger partial charge is 1.00 e. The van der Waals surface area contributed by atoms with Crippen LogP contribution in [-0.4, -0.2) is 23.9 Å². The Morgan fingerprint density at radius 3 is 1.00 bits per heavy atom. The van der Waals surface area contributed by atoms with Crippen LogP contribution in [-0.2, 0) is 0 Å². The first-order chi connectivity index (χ1) is 18.2. The van der Waals surface area contributed by atoms with E-state index >= 15 is 0 Å². The SMILES string of the molecule is O=C([O-])c1cccc(Oc2ccc(-c3ccc(Oc4cccc(C(=O)[O-])c4C(=O)[O-])cc3)cc2)c1C(=O)[O-].[Na+].[Na+].[Na+].[Na+]. The molecule has 0 fully saturated rings. The molecular formula is C28H14Na4O10. The number of aromatic carboxylic acids is 4. The van der Waals surface area contributed by atoms with E-state index in [0.717, 1.165) is 23.3 Å². The van der Waals surface area contributed by atoms with E-state index in [-0.39, 0.29) is 141 Å². The molecule has 0 aliphatic heterocycles. The summed E-state index contributed by atoms with van der Waals surface area (Å²) in [6.45, 7) is 0. The summed E-state index contributed by atoms with van der Waals surface area (Å²) < 4.78 is 11.1. The van der Waals surface area contributed by atoms with Crippen molar-refractivity contribution in [2.24, 2.45) is 0 Å². The molecule has 0 aliphatic carbocycles. The van der Waals surface area contributed by atoms with Gasteiger partial charge in [-0.3, -0.25) is 0 Å². The van der Waals surface area contributed by atoms with Crippen molar-refractivity contribution in [1.82, 2.24) is 0 Å². The first kappa shape index (κ1) is 40.4. The Hall–Kier alpha value is -1.64. The predicted octanol–water partition coefficient (Wildman–Crippen LogP) is -11.6. The van der Waals surface area contributed by atoms with Gasteiger partial charge in [0.2, 0.25) is 0 Å². The third kappa shape index (κ3) is 9.68. The topological polar surface area (TPSA) is 179 Å². The number of carboxylic acid groups (broad SMARTS) is 4. The van der Waals surface area contributed by atoms with Gasteiger partial charge >= 0.3 is 118 Å². The second kappa shape index (κ2) is 18.2. The van der Waals surface area contributed by atoms with Crippen LogP contribution in [0.2, 0.25) is 0 Å². The molecule has 0 heterocycles. The van der Waals surface area contributed by atoms with Gasteiger partial charge in [0, 0.05) is 22.3 Å². The number of carbonyl (C=O) groups is 4. The molecular weight excluding hydrogens is 588 g/mol. The molecule has 4 aromatic rings. The summed E-state index contributed by atoms with van der Waals surface area (Å²) in [4.78, 5) is 45.4. The minimum atomic E-state index is -1.73. The molecule has 4 rings (SSSR count). The van der Waals surface area contributed by atoms with E-state index in [1.54, 1.807) is 48.5 Å². The van der Waals surface area contributed by atoms with Crippen molar-refractivity contribution >= 4 is 23.9 Å². The quantitative estimate of drug-likeness (QED) is 0.167. The van der Waals surface area contributed by atoms with Gasteiger partial charge in [-0.05, 0) is 47.5 Å². The van der Waals surface area contributed by atoms with Crippen LogP contribution in [0.5, 0.6) is 23.0 Å². The van der Waals surface area contributed by atoms with Crippen LogP contribution in [0.3, 0.4) is 0 Å². The van der Waals surface area contributed by atoms with Crippen LogP contribution in [0.15, 0.2) is 84.9 Å². The van der Waals surface area contributed by atoms with Crippen LogP contribution in [0.25, 0.3) is 11.1 Å². The van der Waals surface area contributed by atoms with Gasteiger partial charge < -0.3 is 49.1 Å². The average molecular weight is 602 g/mol. The van der Waals surface area contributed by atoms with E-state index in [1.807, 2.05) is 0 Å². The van der Waals surface area contributed by atoms with Gasteiger partial charge in [0.15, 0.2) is 0 Å². The number of carboxylic acids is 4. The second-order valence-corrected chi connectivity index (χ2v) is 7.76. The Balaban J connectivity index is 0.00000420. The van der Waals surface area contributed by atoms with Gasteiger partial charge in [-0.25, -0.2) is 0 Å². The smallest absolute Gasteiger partial charge is 0.545 e. The van der Waals surface area contributed by atoms with Crippen LogP contribution in [0.1, 0.15) is 41.4 Å². The molecule has 10 nitrogen and oxygen atoms in total. The zero-order valence-corrected chi connectivity index (χ0v) is 31.2. The molecule has 0 aliphatic rings. The average Bonchev–Trinajstić information content (AvgIpc) is 2.89. The standard InChI is InChI=1S/C28H18O10.4Na/c29-25(30)19-3-1-5-21(23(19)27(33)34)37-17-11-7-15(8-12-17)16-9-13-18(14-10-16)38-22-6-2-4-20(26(31)32)24(22)28(35)36;;;;/h1-14H,(H,29,30)(H,31,32)(H,33,34)(H,35,36);;;;/q;4*+1/p-4. The molecule has 0 radical (unpaired) electrons. The van der Waals surface area contributed by atoms with E-state index < -0.39 is 46.1 Å². The summed E-state index contributed by atoms with van der Waals surface area (Å²) in [7, 11) is 0. The molecule has 0 aromatic heterocycles. The summed E-state index contributed by atoms with van der Waals surface area (Å²) >= 11 is 0. The second-order valence-electron chi connectivity index (χ2n) is 7.76. The van der Waals surface area contributed by atoms with E-state index in [0.29, 0.717) is 0 Å². The van der Waals surface area contributed by atoms with E-state index in [2.05, 4.69) is 0 Å². The Kier molecular flexibility index (Phi) is 17.5. The molecule has 14 heteroatoms. The van der Waals surface area contributed by atoms with E-state index in [4.69, 9.17) is 9.47 Å². The number of carbonyl (C=O) groups excluding carboxylic acids is 4. The van der Waals surface area contributed by atoms with Gasteiger partial charge in [-0.2, -0.15) is 0 Å². The molecule has 0 saturated carbocycles. The van der Waals surface area contributed by atoms with Gasteiger partial charge in [0.1, 0.15) is 23.0 Å². The first-order valence-electron chi connectivity index (χ1n) is 10.8. The van der Waals surface area contributed by atoms with Crippen LogP contribution in [0, 0.1) is 0 Å². The molecule has 0 unspecified atom stereocenters. The van der Waals surface area contributed by atoms with E-state index in [1.165, 1.54) is 24.3 Å². The Morgan fingerprint density at radius 2 is 0.738 bits per heavy atom. The maximum Gasteiger partial charge on any atom is 1.00 e. The Labute approximate surface area is 328 Å². The summed E-state index contributed by atoms with van der Waals surface area (Å²) in [6.07, 6.45) is 0. The number of ether oxygens (including phenoxy) is 2. The molecule has 4 aromatic carbocycles. The fourth-order valence-electron chi connectivity index (χ4n) is 3.68. The van der Waals surface area contributed by atoms with Crippen molar-refractivity contribution in [1.29, 1.82) is 0 Å². The van der Waals surface area contributed by atoms with Crippen molar-refractivity contribution in [3.63, 3.8) is 0 Å². The fraction of sp³-hybridized carbons (Fsp3) is 0. The van der Waals surface area contributed by atoms with Crippen LogP contribution >= 0.6 is 0 Å². The summed E-state index contributed by atoms with van der Waals surface area (Å²) in [5, 5.41) is 45.4. The molecule has 0 atom stereocenters. The fourth-order valence-corrected chi connectivity index (χ4v) is 3.68. The summed E-state index contributed by atoms with van der Waals surface area (Å²) in [5.41, 5.74) is -0.971. The normalized spacial score (nSPS) is 9.43. The van der Waals surface area contributed by atoms with Crippen molar-refractivity contribution in [3.05, 3.63) is 107 Å². The number of hydrogen-bond acceptors (Lipinski definition) is 10. The zero-order chi connectivity index (χ0) is 27.4. The van der Waals surface area contributed by atoms with Crippen LogP contribution < -0.4 is 148 Å². The monoisotopic (exact) mass is 602 g/mol. The number of hydrogen-bond donors (Lipinski definition) is 0. The van der Waals surface area contributed by atoms with Gasteiger partial charge in [-0.15, -0.1) is 0 Å². The molecule has 0 N–H and O–H groups in total. The van der Waals surface area contributed by atoms with Crippen molar-refractivity contribution in [2.45, 2.75) is 0 Å². The number of rotatable bonds is 9. The zero-order valence-electron chi connectivity index (χ0n) is 23.2. The third-order valence-corrected chi connectivity index (χ3v) is 5.40. The minimum absolute atomic E-state index is 0. The van der Waals surface area contributed by atoms with Gasteiger partial charge in [-0.1, -0.05) is 48.5 Å².